The highest BCUT2D eigenvalue weighted by molar-refractivity contribution is 8.00. The first-order chi connectivity index (χ1) is 13.3. The van der Waals surface area contributed by atoms with Crippen molar-refractivity contribution in [1.29, 1.82) is 0 Å². The molecule has 2 aromatic heterocycles. The van der Waals surface area contributed by atoms with E-state index in [0.29, 0.717) is 6.10 Å². The van der Waals surface area contributed by atoms with Crippen molar-refractivity contribution in [1.82, 2.24) is 15.2 Å². The van der Waals surface area contributed by atoms with Gasteiger partial charge in [-0.25, -0.2) is 4.98 Å². The molecule has 2 N–H and O–H groups in total. The molecule has 0 radical (unpaired) electrons. The van der Waals surface area contributed by atoms with Crippen LogP contribution in [0.5, 0.6) is 0 Å². The van der Waals surface area contributed by atoms with Crippen molar-refractivity contribution >= 4 is 50.4 Å². The van der Waals surface area contributed by atoms with Crippen LogP contribution in [-0.2, 0) is 10.5 Å². The lowest BCUT2D eigenvalue weighted by Gasteiger charge is -2.08. The number of hydrogen-bond donors (Lipinski definition) is 2. The second kappa shape index (κ2) is 9.01. The molecule has 3 heterocycles. The van der Waals surface area contributed by atoms with Gasteiger partial charge < -0.3 is 15.4 Å². The van der Waals surface area contributed by atoms with E-state index < -0.39 is 0 Å². The van der Waals surface area contributed by atoms with Crippen molar-refractivity contribution in [2.24, 2.45) is 0 Å². The normalized spacial score (nSPS) is 16.6. The lowest BCUT2D eigenvalue weighted by Crippen LogP contribution is -2.18. The highest BCUT2D eigenvalue weighted by Crippen LogP contribution is 2.30. The number of benzene rings is 1. The summed E-state index contributed by atoms with van der Waals surface area (Å²) in [7, 11) is 0. The molecule has 1 unspecified atom stereocenters. The number of anilines is 3. The third-order valence-corrected chi connectivity index (χ3v) is 7.05. The lowest BCUT2D eigenvalue weighted by atomic mass is 10.2. The first-order valence-corrected chi connectivity index (χ1v) is 11.5. The maximum absolute atomic E-state index is 5.61. The van der Waals surface area contributed by atoms with Crippen LogP contribution in [0.4, 0.5) is 16.0 Å². The number of hydrogen-bond acceptors (Lipinski definition) is 9. The highest BCUT2D eigenvalue weighted by Gasteiger charge is 2.16. The molecule has 1 aliphatic rings. The van der Waals surface area contributed by atoms with E-state index in [9.17, 15) is 0 Å². The molecule has 0 spiro atoms. The van der Waals surface area contributed by atoms with E-state index in [2.05, 4.69) is 50.3 Å². The fraction of sp³-hybridized carbons (Fsp3) is 0.389. The van der Waals surface area contributed by atoms with Crippen LogP contribution in [0, 0.1) is 6.92 Å². The van der Waals surface area contributed by atoms with Gasteiger partial charge in [0.25, 0.3) is 0 Å². The number of ether oxygens (including phenoxy) is 1. The zero-order valence-corrected chi connectivity index (χ0v) is 17.4. The summed E-state index contributed by atoms with van der Waals surface area (Å²) in [4.78, 5) is 4.67. The molecule has 0 aliphatic carbocycles. The summed E-state index contributed by atoms with van der Waals surface area (Å²) in [6.45, 7) is 3.77. The summed E-state index contributed by atoms with van der Waals surface area (Å²) in [5.41, 5.74) is 3.35. The van der Waals surface area contributed by atoms with Gasteiger partial charge in [-0.05, 0) is 31.4 Å². The van der Waals surface area contributed by atoms with Gasteiger partial charge in [0.2, 0.25) is 5.13 Å². The fourth-order valence-corrected chi connectivity index (χ4v) is 5.22. The molecule has 9 heteroatoms. The molecule has 1 saturated heterocycles. The van der Waals surface area contributed by atoms with Crippen molar-refractivity contribution in [3.8, 4) is 0 Å². The Bertz CT molecular complexity index is 875. The Morgan fingerprint density at radius 1 is 1.26 bits per heavy atom. The SMILES string of the molecule is Cc1ccccc1Nc1nc(CSc2nnc(NCC3CCCO3)s2)cs1. The zero-order valence-electron chi connectivity index (χ0n) is 15.0. The molecule has 1 aromatic carbocycles. The van der Waals surface area contributed by atoms with Gasteiger partial charge in [-0.15, -0.1) is 21.5 Å². The Balaban J connectivity index is 1.27. The number of nitrogens with one attached hydrogen (secondary N) is 2. The Hall–Kier alpha value is -1.68. The van der Waals surface area contributed by atoms with Crippen LogP contribution in [0.25, 0.3) is 0 Å². The second-order valence-corrected chi connectivity index (χ2v) is 9.32. The average molecular weight is 420 g/mol. The summed E-state index contributed by atoms with van der Waals surface area (Å²) in [6.07, 6.45) is 2.58. The van der Waals surface area contributed by atoms with E-state index in [-0.39, 0.29) is 0 Å². The molecule has 0 amide bonds. The molecule has 6 nitrogen and oxygen atoms in total. The third kappa shape index (κ3) is 5.19. The number of thioether (sulfide) groups is 1. The number of para-hydroxylation sites is 1. The molecular weight excluding hydrogens is 398 g/mol. The molecule has 142 valence electrons. The third-order valence-electron chi connectivity index (χ3n) is 4.19. The minimum atomic E-state index is 0.305. The van der Waals surface area contributed by atoms with Gasteiger partial charge in [-0.1, -0.05) is 41.3 Å². The fourth-order valence-electron chi connectivity index (χ4n) is 2.74. The van der Waals surface area contributed by atoms with Crippen LogP contribution in [0.1, 0.15) is 24.1 Å². The van der Waals surface area contributed by atoms with E-state index in [0.717, 1.165) is 57.7 Å². The van der Waals surface area contributed by atoms with Gasteiger partial charge in [-0.2, -0.15) is 0 Å². The van der Waals surface area contributed by atoms with E-state index in [4.69, 9.17) is 4.74 Å². The van der Waals surface area contributed by atoms with Gasteiger partial charge in [0.1, 0.15) is 0 Å². The van der Waals surface area contributed by atoms with Crippen LogP contribution in [-0.4, -0.2) is 34.4 Å². The molecule has 1 fully saturated rings. The molecule has 1 atom stereocenters. The van der Waals surface area contributed by atoms with E-state index in [1.54, 1.807) is 34.4 Å². The molecule has 1 aliphatic heterocycles. The Morgan fingerprint density at radius 2 is 2.19 bits per heavy atom. The molecule has 0 saturated carbocycles. The minimum absolute atomic E-state index is 0.305. The Labute approximate surface area is 170 Å². The monoisotopic (exact) mass is 419 g/mol. The maximum Gasteiger partial charge on any atom is 0.206 e. The largest absolute Gasteiger partial charge is 0.376 e. The predicted molar refractivity (Wildman–Crippen MR) is 114 cm³/mol. The smallest absolute Gasteiger partial charge is 0.206 e. The predicted octanol–water partition coefficient (Wildman–Crippen LogP) is 4.93. The molecule has 3 aromatic rings. The first-order valence-electron chi connectivity index (χ1n) is 8.85. The number of nitrogens with zero attached hydrogens (tertiary/aromatic N) is 3. The number of aromatic nitrogens is 3. The van der Waals surface area contributed by atoms with Crippen molar-refractivity contribution in [2.45, 2.75) is 36.0 Å². The van der Waals surface area contributed by atoms with Crippen molar-refractivity contribution < 1.29 is 4.74 Å². The Morgan fingerprint density at radius 3 is 3.04 bits per heavy atom. The maximum atomic E-state index is 5.61. The zero-order chi connectivity index (χ0) is 18.5. The van der Waals surface area contributed by atoms with Crippen LogP contribution < -0.4 is 10.6 Å². The van der Waals surface area contributed by atoms with Crippen molar-refractivity contribution in [3.05, 3.63) is 40.9 Å². The van der Waals surface area contributed by atoms with Crippen LogP contribution in [0.3, 0.4) is 0 Å². The molecule has 27 heavy (non-hydrogen) atoms. The highest BCUT2D eigenvalue weighted by atomic mass is 32.2. The van der Waals surface area contributed by atoms with Crippen LogP contribution >= 0.6 is 34.4 Å². The minimum Gasteiger partial charge on any atom is -0.376 e. The quantitative estimate of drug-likeness (QED) is 0.502. The van der Waals surface area contributed by atoms with E-state index in [1.807, 2.05) is 12.1 Å². The van der Waals surface area contributed by atoms with Gasteiger partial charge >= 0.3 is 0 Å². The standard InChI is InChI=1S/C18H21N5OS3/c1-12-5-2-3-7-15(12)21-17-20-13(10-25-17)11-26-18-23-22-16(27-18)19-9-14-6-4-8-24-14/h2-3,5,7,10,14H,4,6,8-9,11H2,1H3,(H,19,22)(H,20,21). The number of thiazole rings is 1. The molecule has 4 rings (SSSR count). The average Bonchev–Trinajstić information content (AvgIpc) is 3.42. The second-order valence-electron chi connectivity index (χ2n) is 6.26. The first kappa shape index (κ1) is 18.7. The van der Waals surface area contributed by atoms with Gasteiger partial charge in [-0.3, -0.25) is 0 Å². The number of rotatable bonds is 8. The van der Waals surface area contributed by atoms with Gasteiger partial charge in [0.05, 0.1) is 11.8 Å². The van der Waals surface area contributed by atoms with Crippen LogP contribution in [0.2, 0.25) is 0 Å². The number of aryl methyl sites for hydroxylation is 1. The summed E-state index contributed by atoms with van der Waals surface area (Å²) < 4.78 is 6.56. The summed E-state index contributed by atoms with van der Waals surface area (Å²) in [6, 6.07) is 8.22. The van der Waals surface area contributed by atoms with Crippen molar-refractivity contribution in [3.63, 3.8) is 0 Å². The summed E-state index contributed by atoms with van der Waals surface area (Å²) in [5, 5.41) is 19.0. The van der Waals surface area contributed by atoms with Crippen molar-refractivity contribution in [2.75, 3.05) is 23.8 Å². The Kier molecular flexibility index (Phi) is 6.23. The topological polar surface area (TPSA) is 72.0 Å². The molecular formula is C18H21N5OS3. The molecule has 0 bridgehead atoms. The lowest BCUT2D eigenvalue weighted by molar-refractivity contribution is 0.120. The van der Waals surface area contributed by atoms with E-state index in [1.165, 1.54) is 5.56 Å². The summed E-state index contributed by atoms with van der Waals surface area (Å²) >= 11 is 4.87. The van der Waals surface area contributed by atoms with E-state index >= 15 is 0 Å². The van der Waals surface area contributed by atoms with Gasteiger partial charge in [0.15, 0.2) is 9.47 Å². The van der Waals surface area contributed by atoms with Gasteiger partial charge in [0, 0.05) is 30.0 Å². The summed E-state index contributed by atoms with van der Waals surface area (Å²) in [5.74, 6) is 0.784. The van der Waals surface area contributed by atoms with Crippen LogP contribution in [0.15, 0.2) is 34.0 Å².